The maximum atomic E-state index is 13.2. The van der Waals surface area contributed by atoms with Crippen LogP contribution in [0.5, 0.6) is 0 Å². The minimum Gasteiger partial charge on any atom is -0.320 e. The lowest BCUT2D eigenvalue weighted by molar-refractivity contribution is 0.102. The van der Waals surface area contributed by atoms with Gasteiger partial charge in [-0.25, -0.2) is 14.6 Å². The summed E-state index contributed by atoms with van der Waals surface area (Å²) in [5.74, 6) is -0.000817. The van der Waals surface area contributed by atoms with E-state index in [-0.39, 0.29) is 11.6 Å². The number of nitrogens with one attached hydrogen (secondary N) is 1. The highest BCUT2D eigenvalue weighted by Gasteiger charge is 2.22. The Morgan fingerprint density at radius 2 is 1.78 bits per heavy atom. The van der Waals surface area contributed by atoms with E-state index in [1.807, 2.05) is 32.0 Å². The van der Waals surface area contributed by atoms with E-state index < -0.39 is 0 Å². The van der Waals surface area contributed by atoms with Crippen molar-refractivity contribution in [3.05, 3.63) is 87.4 Å². The SMILES string of the molecule is Cc1ccc(C)c(NC(=O)c2nnn(-c3cc(Cl)cc(Cl)c3)c2CSc2ncccn2)c1. The van der Waals surface area contributed by atoms with Crippen LogP contribution in [-0.2, 0) is 5.75 Å². The molecule has 0 aliphatic heterocycles. The van der Waals surface area contributed by atoms with E-state index in [0.717, 1.165) is 16.8 Å². The molecular formula is C22H18Cl2N6OS. The van der Waals surface area contributed by atoms with Crippen molar-refractivity contribution in [3.8, 4) is 5.69 Å². The van der Waals surface area contributed by atoms with Crippen LogP contribution in [0.3, 0.4) is 0 Å². The number of hydrogen-bond donors (Lipinski definition) is 1. The fourth-order valence-electron chi connectivity index (χ4n) is 3.02. The average Bonchev–Trinajstić information content (AvgIpc) is 3.19. The van der Waals surface area contributed by atoms with Gasteiger partial charge in [0.25, 0.3) is 5.91 Å². The van der Waals surface area contributed by atoms with Crippen molar-refractivity contribution >= 4 is 46.6 Å². The van der Waals surface area contributed by atoms with Gasteiger partial charge in [0.2, 0.25) is 0 Å². The standard InChI is InChI=1S/C22H18Cl2N6OS/c1-13-4-5-14(2)18(8-13)27-21(31)20-19(12-32-22-25-6-3-7-26-22)30(29-28-20)17-10-15(23)9-16(24)11-17/h3-11H,12H2,1-2H3,(H,27,31). The first kappa shape index (κ1) is 22.3. The van der Waals surface area contributed by atoms with E-state index in [2.05, 4.69) is 25.6 Å². The Morgan fingerprint density at radius 3 is 2.50 bits per heavy atom. The molecule has 0 unspecified atom stereocenters. The van der Waals surface area contributed by atoms with Gasteiger partial charge < -0.3 is 5.32 Å². The minimum absolute atomic E-state index is 0.199. The maximum Gasteiger partial charge on any atom is 0.278 e. The van der Waals surface area contributed by atoms with Crippen molar-refractivity contribution in [3.63, 3.8) is 0 Å². The smallest absolute Gasteiger partial charge is 0.278 e. The van der Waals surface area contributed by atoms with Crippen molar-refractivity contribution in [1.82, 2.24) is 25.0 Å². The van der Waals surface area contributed by atoms with Gasteiger partial charge in [0.15, 0.2) is 10.9 Å². The zero-order chi connectivity index (χ0) is 22.7. The second-order valence-electron chi connectivity index (χ2n) is 7.02. The van der Waals surface area contributed by atoms with Gasteiger partial charge in [0, 0.05) is 33.9 Å². The highest BCUT2D eigenvalue weighted by atomic mass is 35.5. The number of amides is 1. The number of anilines is 1. The summed E-state index contributed by atoms with van der Waals surface area (Å²) in [6.45, 7) is 3.90. The van der Waals surface area contributed by atoms with E-state index in [9.17, 15) is 4.79 Å². The van der Waals surface area contributed by atoms with Crippen LogP contribution in [0.1, 0.15) is 27.3 Å². The molecule has 162 valence electrons. The Labute approximate surface area is 199 Å². The molecule has 0 fully saturated rings. The van der Waals surface area contributed by atoms with Gasteiger partial charge >= 0.3 is 0 Å². The molecule has 0 aliphatic carbocycles. The summed E-state index contributed by atoms with van der Waals surface area (Å²) in [6.07, 6.45) is 3.32. The van der Waals surface area contributed by atoms with Gasteiger partial charge in [-0.05, 0) is 55.3 Å². The first-order chi connectivity index (χ1) is 15.4. The van der Waals surface area contributed by atoms with Crippen LogP contribution in [0.2, 0.25) is 10.0 Å². The van der Waals surface area contributed by atoms with Crippen molar-refractivity contribution < 1.29 is 4.79 Å². The Kier molecular flexibility index (Phi) is 6.74. The summed E-state index contributed by atoms with van der Waals surface area (Å²) in [7, 11) is 0. The predicted octanol–water partition coefficient (Wildman–Crippen LogP) is 5.53. The van der Waals surface area contributed by atoms with Crippen molar-refractivity contribution in [2.24, 2.45) is 0 Å². The number of carbonyl (C=O) groups excluding carboxylic acids is 1. The quantitative estimate of drug-likeness (QED) is 0.286. The molecule has 2 heterocycles. The van der Waals surface area contributed by atoms with Crippen molar-refractivity contribution in [2.75, 3.05) is 5.32 Å². The van der Waals surface area contributed by atoms with Crippen LogP contribution >= 0.6 is 35.0 Å². The summed E-state index contributed by atoms with van der Waals surface area (Å²) in [6, 6.07) is 12.7. The first-order valence-electron chi connectivity index (χ1n) is 9.60. The second kappa shape index (κ2) is 9.68. The summed E-state index contributed by atoms with van der Waals surface area (Å²) >= 11 is 13.7. The summed E-state index contributed by atoms with van der Waals surface area (Å²) in [4.78, 5) is 21.6. The molecule has 32 heavy (non-hydrogen) atoms. The van der Waals surface area contributed by atoms with Crippen molar-refractivity contribution in [2.45, 2.75) is 24.8 Å². The number of nitrogens with zero attached hydrogens (tertiary/aromatic N) is 5. The molecule has 0 saturated heterocycles. The predicted molar refractivity (Wildman–Crippen MR) is 127 cm³/mol. The number of halogens is 2. The van der Waals surface area contributed by atoms with Crippen LogP contribution in [0, 0.1) is 13.8 Å². The minimum atomic E-state index is -0.359. The van der Waals surface area contributed by atoms with E-state index >= 15 is 0 Å². The zero-order valence-corrected chi connectivity index (χ0v) is 19.5. The van der Waals surface area contributed by atoms with Gasteiger partial charge in [-0.1, -0.05) is 52.3 Å². The van der Waals surface area contributed by atoms with Crippen LogP contribution < -0.4 is 5.32 Å². The van der Waals surface area contributed by atoms with Crippen LogP contribution in [0.25, 0.3) is 5.69 Å². The molecule has 0 bridgehead atoms. The molecule has 0 aliphatic rings. The molecule has 0 atom stereocenters. The van der Waals surface area contributed by atoms with E-state index in [0.29, 0.717) is 32.3 Å². The molecule has 4 rings (SSSR count). The molecular weight excluding hydrogens is 467 g/mol. The number of carbonyl (C=O) groups is 1. The summed E-state index contributed by atoms with van der Waals surface area (Å²) in [5.41, 5.74) is 4.09. The molecule has 10 heteroatoms. The summed E-state index contributed by atoms with van der Waals surface area (Å²) < 4.78 is 1.56. The second-order valence-corrected chi connectivity index (χ2v) is 8.83. The number of aryl methyl sites for hydroxylation is 2. The molecule has 0 saturated carbocycles. The molecule has 0 spiro atoms. The molecule has 1 N–H and O–H groups in total. The number of benzene rings is 2. The maximum absolute atomic E-state index is 13.2. The lowest BCUT2D eigenvalue weighted by Gasteiger charge is -2.11. The molecule has 2 aromatic carbocycles. The number of rotatable bonds is 6. The third-order valence-corrected chi connectivity index (χ3v) is 5.91. The van der Waals surface area contributed by atoms with E-state index in [1.165, 1.54) is 11.8 Å². The topological polar surface area (TPSA) is 85.6 Å². The molecule has 2 aromatic heterocycles. The van der Waals surface area contributed by atoms with Gasteiger partial charge in [0.05, 0.1) is 11.4 Å². The molecule has 7 nitrogen and oxygen atoms in total. The van der Waals surface area contributed by atoms with Crippen molar-refractivity contribution in [1.29, 1.82) is 0 Å². The molecule has 1 amide bonds. The number of aromatic nitrogens is 5. The Hall–Kier alpha value is -2.94. The monoisotopic (exact) mass is 484 g/mol. The third-order valence-electron chi connectivity index (χ3n) is 4.59. The number of thioether (sulfide) groups is 1. The van der Waals surface area contributed by atoms with Crippen LogP contribution in [-0.4, -0.2) is 30.9 Å². The van der Waals surface area contributed by atoms with Crippen LogP contribution in [0.4, 0.5) is 5.69 Å². The Morgan fingerprint density at radius 1 is 1.06 bits per heavy atom. The Bertz CT molecular complexity index is 1260. The van der Waals surface area contributed by atoms with Gasteiger partial charge in [-0.2, -0.15) is 0 Å². The Balaban J connectivity index is 1.71. The average molecular weight is 485 g/mol. The van der Waals surface area contributed by atoms with Gasteiger partial charge in [-0.3, -0.25) is 4.79 Å². The third kappa shape index (κ3) is 5.09. The highest BCUT2D eigenvalue weighted by molar-refractivity contribution is 7.98. The van der Waals surface area contributed by atoms with E-state index in [1.54, 1.807) is 41.3 Å². The largest absolute Gasteiger partial charge is 0.320 e. The number of hydrogen-bond acceptors (Lipinski definition) is 6. The molecule has 0 radical (unpaired) electrons. The van der Waals surface area contributed by atoms with Gasteiger partial charge in [-0.15, -0.1) is 5.10 Å². The normalized spacial score (nSPS) is 10.9. The lowest BCUT2D eigenvalue weighted by atomic mass is 10.1. The zero-order valence-electron chi connectivity index (χ0n) is 17.2. The highest BCUT2D eigenvalue weighted by Crippen LogP contribution is 2.27. The summed E-state index contributed by atoms with van der Waals surface area (Å²) in [5, 5.41) is 12.8. The van der Waals surface area contributed by atoms with Crippen LogP contribution in [0.15, 0.2) is 60.0 Å². The first-order valence-corrected chi connectivity index (χ1v) is 11.3. The lowest BCUT2D eigenvalue weighted by Crippen LogP contribution is -2.16. The van der Waals surface area contributed by atoms with E-state index in [4.69, 9.17) is 23.2 Å². The fraction of sp³-hybridized carbons (Fsp3) is 0.136. The fourth-order valence-corrected chi connectivity index (χ4v) is 4.33. The van der Waals surface area contributed by atoms with Gasteiger partial charge in [0.1, 0.15) is 0 Å². The molecule has 4 aromatic rings.